The number of anilines is 1. The second kappa shape index (κ2) is 7.59. The van der Waals surface area contributed by atoms with E-state index in [4.69, 9.17) is 5.73 Å². The van der Waals surface area contributed by atoms with Gasteiger partial charge in [0.05, 0.1) is 28.5 Å². The number of rotatable bonds is 6. The molecule has 26 heavy (non-hydrogen) atoms. The number of primary amides is 1. The average molecular weight is 375 g/mol. The number of amides is 2. The molecule has 0 bridgehead atoms. The van der Waals surface area contributed by atoms with Crippen molar-refractivity contribution in [3.63, 3.8) is 0 Å². The summed E-state index contributed by atoms with van der Waals surface area (Å²) in [5.41, 5.74) is 7.97. The smallest absolute Gasteiger partial charge is 0.258 e. The zero-order valence-corrected chi connectivity index (χ0v) is 16.2. The maximum Gasteiger partial charge on any atom is 0.258 e. The van der Waals surface area contributed by atoms with Gasteiger partial charge in [0, 0.05) is 17.5 Å². The minimum absolute atomic E-state index is 0.0366. The second-order valence-electron chi connectivity index (χ2n) is 6.60. The Kier molecular flexibility index (Phi) is 5.43. The molecule has 3 rings (SSSR count). The Morgan fingerprint density at radius 2 is 2.15 bits per heavy atom. The standard InChI is InChI=1S/C18H25N5O2S/c1-4-23-12(3)17(11(2)21-23)20-16(24)10-22-9-5-6-13(22)14-7-8-15(26-14)18(19)25/h7-8,13H,4-6,9-10H2,1-3H3,(H2,19,25)(H,20,24). The molecular weight excluding hydrogens is 350 g/mol. The predicted octanol–water partition coefficient (Wildman–Crippen LogP) is 2.46. The molecule has 0 spiro atoms. The van der Waals surface area contributed by atoms with E-state index in [2.05, 4.69) is 15.3 Å². The van der Waals surface area contributed by atoms with E-state index in [9.17, 15) is 9.59 Å². The molecule has 7 nitrogen and oxygen atoms in total. The van der Waals surface area contributed by atoms with Gasteiger partial charge >= 0.3 is 0 Å². The molecule has 1 aliphatic heterocycles. The summed E-state index contributed by atoms with van der Waals surface area (Å²) in [4.78, 5) is 27.8. The van der Waals surface area contributed by atoms with Crippen LogP contribution in [-0.2, 0) is 11.3 Å². The molecule has 2 aromatic rings. The first-order valence-corrected chi connectivity index (χ1v) is 9.69. The van der Waals surface area contributed by atoms with Crippen LogP contribution in [0, 0.1) is 13.8 Å². The molecular formula is C18H25N5O2S. The Labute approximate surface area is 157 Å². The zero-order chi connectivity index (χ0) is 18.8. The molecule has 1 fully saturated rings. The Hall–Kier alpha value is -2.19. The Morgan fingerprint density at radius 1 is 1.38 bits per heavy atom. The first kappa shape index (κ1) is 18.6. The molecule has 1 aliphatic rings. The summed E-state index contributed by atoms with van der Waals surface area (Å²) in [6.45, 7) is 7.87. The van der Waals surface area contributed by atoms with Gasteiger partial charge in [0.25, 0.3) is 5.91 Å². The maximum absolute atomic E-state index is 12.6. The summed E-state index contributed by atoms with van der Waals surface area (Å²) in [5.74, 6) is -0.437. The Balaban J connectivity index is 1.68. The minimum Gasteiger partial charge on any atom is -0.365 e. The fourth-order valence-corrected chi connectivity index (χ4v) is 4.58. The monoisotopic (exact) mass is 375 g/mol. The predicted molar refractivity (Wildman–Crippen MR) is 102 cm³/mol. The number of nitrogens with zero attached hydrogens (tertiary/aromatic N) is 3. The summed E-state index contributed by atoms with van der Waals surface area (Å²) >= 11 is 1.42. The normalized spacial score (nSPS) is 17.6. The molecule has 0 saturated carbocycles. The molecule has 1 atom stereocenters. The molecule has 2 aromatic heterocycles. The maximum atomic E-state index is 12.6. The number of hydrogen-bond donors (Lipinski definition) is 2. The van der Waals surface area contributed by atoms with E-state index in [0.29, 0.717) is 11.4 Å². The van der Waals surface area contributed by atoms with E-state index in [1.807, 2.05) is 31.5 Å². The molecule has 3 heterocycles. The van der Waals surface area contributed by atoms with Gasteiger partial charge in [-0.2, -0.15) is 5.10 Å². The fraction of sp³-hybridized carbons (Fsp3) is 0.500. The highest BCUT2D eigenvalue weighted by molar-refractivity contribution is 7.14. The van der Waals surface area contributed by atoms with Crippen LogP contribution in [0.1, 0.15) is 51.7 Å². The van der Waals surface area contributed by atoms with Crippen molar-refractivity contribution in [3.05, 3.63) is 33.3 Å². The van der Waals surface area contributed by atoms with Gasteiger partial charge in [-0.3, -0.25) is 19.2 Å². The third-order valence-electron chi connectivity index (χ3n) is 4.85. The highest BCUT2D eigenvalue weighted by Crippen LogP contribution is 2.35. The summed E-state index contributed by atoms with van der Waals surface area (Å²) in [6, 6.07) is 3.88. The van der Waals surface area contributed by atoms with E-state index in [0.717, 1.165) is 47.9 Å². The molecule has 2 amide bonds. The molecule has 140 valence electrons. The van der Waals surface area contributed by atoms with Crippen molar-refractivity contribution in [3.8, 4) is 0 Å². The summed E-state index contributed by atoms with van der Waals surface area (Å²) in [5, 5.41) is 7.46. The number of aryl methyl sites for hydroxylation is 2. The van der Waals surface area contributed by atoms with E-state index in [1.54, 1.807) is 6.07 Å². The van der Waals surface area contributed by atoms with E-state index in [1.165, 1.54) is 11.3 Å². The van der Waals surface area contributed by atoms with Gasteiger partial charge in [-0.05, 0) is 52.3 Å². The number of carbonyl (C=O) groups is 2. The van der Waals surface area contributed by atoms with Gasteiger partial charge in [-0.1, -0.05) is 0 Å². The third kappa shape index (κ3) is 3.66. The number of carbonyl (C=O) groups excluding carboxylic acids is 2. The van der Waals surface area contributed by atoms with Crippen LogP contribution in [0.25, 0.3) is 0 Å². The highest BCUT2D eigenvalue weighted by Gasteiger charge is 2.29. The average Bonchev–Trinajstić information content (AvgIpc) is 3.30. The summed E-state index contributed by atoms with van der Waals surface area (Å²) in [7, 11) is 0. The van der Waals surface area contributed by atoms with Crippen molar-refractivity contribution in [2.75, 3.05) is 18.4 Å². The van der Waals surface area contributed by atoms with Crippen LogP contribution in [0.2, 0.25) is 0 Å². The van der Waals surface area contributed by atoms with Crippen LogP contribution in [0.3, 0.4) is 0 Å². The molecule has 0 aliphatic carbocycles. The number of nitrogens with one attached hydrogen (secondary N) is 1. The summed E-state index contributed by atoms with van der Waals surface area (Å²) in [6.07, 6.45) is 2.02. The van der Waals surface area contributed by atoms with Crippen LogP contribution in [0.5, 0.6) is 0 Å². The van der Waals surface area contributed by atoms with Crippen molar-refractivity contribution < 1.29 is 9.59 Å². The van der Waals surface area contributed by atoms with Gasteiger partial charge in [0.1, 0.15) is 0 Å². The van der Waals surface area contributed by atoms with Crippen LogP contribution in [0.4, 0.5) is 5.69 Å². The number of thiophene rings is 1. The van der Waals surface area contributed by atoms with E-state index < -0.39 is 5.91 Å². The first-order valence-electron chi connectivity index (χ1n) is 8.88. The SMILES string of the molecule is CCn1nc(C)c(NC(=O)CN2CCCC2c2ccc(C(N)=O)s2)c1C. The van der Waals surface area contributed by atoms with E-state index in [-0.39, 0.29) is 11.9 Å². The van der Waals surface area contributed by atoms with Crippen LogP contribution < -0.4 is 11.1 Å². The lowest BCUT2D eigenvalue weighted by molar-refractivity contribution is -0.117. The third-order valence-corrected chi connectivity index (χ3v) is 6.05. The molecule has 1 saturated heterocycles. The van der Waals surface area contributed by atoms with Gasteiger partial charge in [-0.15, -0.1) is 11.3 Å². The van der Waals surface area contributed by atoms with Crippen LogP contribution in [-0.4, -0.2) is 39.6 Å². The number of aromatic nitrogens is 2. The van der Waals surface area contributed by atoms with Crippen LogP contribution >= 0.6 is 11.3 Å². The van der Waals surface area contributed by atoms with E-state index >= 15 is 0 Å². The molecule has 1 unspecified atom stereocenters. The van der Waals surface area contributed by atoms with Gasteiger partial charge in [0.15, 0.2) is 0 Å². The molecule has 8 heteroatoms. The van der Waals surface area contributed by atoms with Crippen molar-refractivity contribution >= 4 is 28.8 Å². The van der Waals surface area contributed by atoms with Gasteiger partial charge in [0.2, 0.25) is 5.91 Å². The largest absolute Gasteiger partial charge is 0.365 e. The topological polar surface area (TPSA) is 93.2 Å². The van der Waals surface area contributed by atoms with Crippen LogP contribution in [0.15, 0.2) is 12.1 Å². The van der Waals surface area contributed by atoms with Crippen molar-refractivity contribution in [2.24, 2.45) is 5.73 Å². The highest BCUT2D eigenvalue weighted by atomic mass is 32.1. The fourth-order valence-electron chi connectivity index (χ4n) is 3.55. The van der Waals surface area contributed by atoms with Gasteiger partial charge < -0.3 is 11.1 Å². The minimum atomic E-state index is -0.401. The Bertz CT molecular complexity index is 826. The number of nitrogens with two attached hydrogens (primary N) is 1. The lowest BCUT2D eigenvalue weighted by Crippen LogP contribution is -2.32. The first-order chi connectivity index (χ1) is 12.4. The lowest BCUT2D eigenvalue weighted by atomic mass is 10.2. The van der Waals surface area contributed by atoms with Crippen molar-refractivity contribution in [1.29, 1.82) is 0 Å². The zero-order valence-electron chi connectivity index (χ0n) is 15.4. The van der Waals surface area contributed by atoms with Crippen molar-refractivity contribution in [2.45, 2.75) is 46.2 Å². The number of likely N-dealkylation sites (tertiary alicyclic amines) is 1. The number of hydrogen-bond acceptors (Lipinski definition) is 5. The summed E-state index contributed by atoms with van der Waals surface area (Å²) < 4.78 is 1.89. The molecule has 0 aromatic carbocycles. The van der Waals surface area contributed by atoms with Crippen molar-refractivity contribution in [1.82, 2.24) is 14.7 Å². The molecule has 0 radical (unpaired) electrons. The lowest BCUT2D eigenvalue weighted by Gasteiger charge is -2.23. The van der Waals surface area contributed by atoms with Gasteiger partial charge in [-0.25, -0.2) is 0 Å². The quantitative estimate of drug-likeness (QED) is 0.811. The Morgan fingerprint density at radius 3 is 2.77 bits per heavy atom. The molecule has 3 N–H and O–H groups in total. The second-order valence-corrected chi connectivity index (χ2v) is 7.72.